The Hall–Kier alpha value is -0.780. The number of aliphatic hydroxyl groups is 2. The summed E-state index contributed by atoms with van der Waals surface area (Å²) in [6, 6.07) is 5.58. The van der Waals surface area contributed by atoms with E-state index in [4.69, 9.17) is 21.1 Å². The van der Waals surface area contributed by atoms with Crippen LogP contribution in [0.4, 0.5) is 0 Å². The normalized spacial score (nSPS) is 31.5. The quantitative estimate of drug-likeness (QED) is 0.537. The minimum Gasteiger partial charge on any atom is -0.394 e. The zero-order valence-corrected chi connectivity index (χ0v) is 17.3. The molecule has 3 N–H and O–H groups in total. The van der Waals surface area contributed by atoms with Crippen LogP contribution >= 0.6 is 11.6 Å². The van der Waals surface area contributed by atoms with Crippen molar-refractivity contribution in [3.05, 3.63) is 29.3 Å². The van der Waals surface area contributed by atoms with E-state index in [0.29, 0.717) is 11.6 Å². The van der Waals surface area contributed by atoms with E-state index in [2.05, 4.69) is 9.62 Å². The van der Waals surface area contributed by atoms with Crippen molar-refractivity contribution in [2.75, 3.05) is 33.4 Å². The van der Waals surface area contributed by atoms with Crippen LogP contribution in [0.2, 0.25) is 5.02 Å². The molecule has 0 amide bonds. The van der Waals surface area contributed by atoms with Gasteiger partial charge in [0.15, 0.2) is 0 Å². The van der Waals surface area contributed by atoms with E-state index in [-0.39, 0.29) is 24.1 Å². The number of hydrogen-bond donors (Lipinski definition) is 3. The number of sulfonamides is 1. The highest BCUT2D eigenvalue weighted by molar-refractivity contribution is 7.89. The molecule has 2 aliphatic rings. The molecule has 0 radical (unpaired) electrons. The van der Waals surface area contributed by atoms with Crippen molar-refractivity contribution in [3.8, 4) is 0 Å². The first kappa shape index (κ1) is 21.9. The Kier molecular flexibility index (Phi) is 7.32. The average molecular weight is 435 g/mol. The fourth-order valence-electron chi connectivity index (χ4n) is 4.07. The van der Waals surface area contributed by atoms with Gasteiger partial charge in [0.05, 0.1) is 30.3 Å². The number of likely N-dealkylation sites (tertiary alicyclic amines) is 1. The van der Waals surface area contributed by atoms with Crippen LogP contribution in [0.3, 0.4) is 0 Å². The molecule has 8 nitrogen and oxygen atoms in total. The molecule has 1 aromatic rings. The van der Waals surface area contributed by atoms with E-state index in [0.717, 1.165) is 19.4 Å². The van der Waals surface area contributed by atoms with Crippen molar-refractivity contribution in [1.82, 2.24) is 9.62 Å². The SMILES string of the molecule is COCC1CCCN1C1C(CNS(=O)(=O)c2ccc(Cl)cc2)OC(CO)C1O. The second-order valence-electron chi connectivity index (χ2n) is 7.17. The van der Waals surface area contributed by atoms with E-state index < -0.39 is 34.4 Å². The van der Waals surface area contributed by atoms with Crippen LogP contribution in [0, 0.1) is 0 Å². The molecular weight excluding hydrogens is 408 g/mol. The van der Waals surface area contributed by atoms with Gasteiger partial charge in [-0.3, -0.25) is 4.90 Å². The zero-order valence-electron chi connectivity index (χ0n) is 15.7. The van der Waals surface area contributed by atoms with Crippen molar-refractivity contribution in [2.45, 2.75) is 48.1 Å². The van der Waals surface area contributed by atoms with Gasteiger partial charge in [-0.1, -0.05) is 11.6 Å². The smallest absolute Gasteiger partial charge is 0.240 e. The molecular formula is C18H27ClN2O6S. The third-order valence-corrected chi connectivity index (χ3v) is 7.10. The molecule has 5 atom stereocenters. The molecule has 2 saturated heterocycles. The zero-order chi connectivity index (χ0) is 20.3. The summed E-state index contributed by atoms with van der Waals surface area (Å²) in [5, 5.41) is 20.7. The molecule has 1 aromatic carbocycles. The Morgan fingerprint density at radius 1 is 1.32 bits per heavy atom. The van der Waals surface area contributed by atoms with Crippen LogP contribution in [0.15, 0.2) is 29.2 Å². The number of benzene rings is 1. The standard InChI is InChI=1S/C18H27ClN2O6S/c1-26-11-13-3-2-8-21(13)17-15(27-16(10-22)18(17)23)9-20-28(24,25)14-6-4-12(19)5-7-14/h4-7,13,15-18,20,22-23H,2-3,8-11H2,1H3. The van der Waals surface area contributed by atoms with Gasteiger partial charge < -0.3 is 19.7 Å². The highest BCUT2D eigenvalue weighted by atomic mass is 35.5. The molecule has 0 saturated carbocycles. The van der Waals surface area contributed by atoms with Gasteiger partial charge in [0.1, 0.15) is 12.2 Å². The molecule has 0 aliphatic carbocycles. The van der Waals surface area contributed by atoms with E-state index in [9.17, 15) is 18.6 Å². The molecule has 3 rings (SSSR count). The third kappa shape index (κ3) is 4.68. The molecule has 0 spiro atoms. The summed E-state index contributed by atoms with van der Waals surface area (Å²) in [5.74, 6) is 0. The van der Waals surface area contributed by atoms with Crippen LogP contribution in [-0.4, -0.2) is 87.3 Å². The topological polar surface area (TPSA) is 108 Å². The molecule has 5 unspecified atom stereocenters. The van der Waals surface area contributed by atoms with Gasteiger partial charge in [-0.2, -0.15) is 0 Å². The van der Waals surface area contributed by atoms with Crippen molar-refractivity contribution in [3.63, 3.8) is 0 Å². The van der Waals surface area contributed by atoms with Crippen molar-refractivity contribution >= 4 is 21.6 Å². The summed E-state index contributed by atoms with van der Waals surface area (Å²) in [4.78, 5) is 2.22. The second kappa shape index (κ2) is 9.36. The van der Waals surface area contributed by atoms with Gasteiger partial charge in [0, 0.05) is 24.7 Å². The van der Waals surface area contributed by atoms with Crippen molar-refractivity contribution in [1.29, 1.82) is 0 Å². The maximum atomic E-state index is 12.6. The molecule has 2 fully saturated rings. The van der Waals surface area contributed by atoms with Crippen LogP contribution < -0.4 is 4.72 Å². The first-order chi connectivity index (χ1) is 13.4. The molecule has 10 heteroatoms. The van der Waals surface area contributed by atoms with Crippen LogP contribution in [0.1, 0.15) is 12.8 Å². The number of halogens is 1. The minimum absolute atomic E-state index is 0.0145. The van der Waals surface area contributed by atoms with E-state index in [1.165, 1.54) is 24.3 Å². The molecule has 2 aliphatic heterocycles. The number of nitrogens with zero attached hydrogens (tertiary/aromatic N) is 1. The number of nitrogens with one attached hydrogen (secondary N) is 1. The summed E-state index contributed by atoms with van der Waals surface area (Å²) in [6.07, 6.45) is -0.355. The summed E-state index contributed by atoms with van der Waals surface area (Å²) in [5.41, 5.74) is 0. The Balaban J connectivity index is 1.74. The van der Waals surface area contributed by atoms with E-state index in [1.54, 1.807) is 7.11 Å². The number of hydrogen-bond acceptors (Lipinski definition) is 7. The minimum atomic E-state index is -3.75. The van der Waals surface area contributed by atoms with Gasteiger partial charge in [-0.25, -0.2) is 13.1 Å². The molecule has 158 valence electrons. The number of aliphatic hydroxyl groups excluding tert-OH is 2. The molecule has 0 bridgehead atoms. The number of rotatable bonds is 8. The summed E-state index contributed by atoms with van der Waals surface area (Å²) >= 11 is 5.82. The van der Waals surface area contributed by atoms with Crippen molar-refractivity contribution in [2.24, 2.45) is 0 Å². The highest BCUT2D eigenvalue weighted by Gasteiger charge is 2.49. The fraction of sp³-hybridized carbons (Fsp3) is 0.667. The lowest BCUT2D eigenvalue weighted by molar-refractivity contribution is -0.0201. The second-order valence-corrected chi connectivity index (χ2v) is 9.38. The van der Waals surface area contributed by atoms with Gasteiger partial charge >= 0.3 is 0 Å². The first-order valence-corrected chi connectivity index (χ1v) is 11.2. The Morgan fingerprint density at radius 2 is 2.04 bits per heavy atom. The third-order valence-electron chi connectivity index (χ3n) is 5.40. The van der Waals surface area contributed by atoms with Crippen LogP contribution in [0.5, 0.6) is 0 Å². The van der Waals surface area contributed by atoms with Gasteiger partial charge in [-0.15, -0.1) is 0 Å². The Labute approximate surface area is 170 Å². The summed E-state index contributed by atoms with van der Waals surface area (Å²) < 4.78 is 38.8. The van der Waals surface area contributed by atoms with Gasteiger partial charge in [0.25, 0.3) is 0 Å². The predicted molar refractivity (Wildman–Crippen MR) is 104 cm³/mol. The number of ether oxygens (including phenoxy) is 2. The summed E-state index contributed by atoms with van der Waals surface area (Å²) in [6.45, 7) is 0.939. The van der Waals surface area contributed by atoms with Gasteiger partial charge in [-0.05, 0) is 43.7 Å². The fourth-order valence-corrected chi connectivity index (χ4v) is 5.24. The van der Waals surface area contributed by atoms with Gasteiger partial charge in [0.2, 0.25) is 10.0 Å². The predicted octanol–water partition coefficient (Wildman–Crippen LogP) is 0.218. The first-order valence-electron chi connectivity index (χ1n) is 9.31. The number of methoxy groups -OCH3 is 1. The summed E-state index contributed by atoms with van der Waals surface area (Å²) in [7, 11) is -2.12. The molecule has 28 heavy (non-hydrogen) atoms. The Bertz CT molecular complexity index is 747. The maximum Gasteiger partial charge on any atom is 0.240 e. The van der Waals surface area contributed by atoms with E-state index in [1.807, 2.05) is 0 Å². The molecule has 2 heterocycles. The highest BCUT2D eigenvalue weighted by Crippen LogP contribution is 2.31. The lowest BCUT2D eigenvalue weighted by atomic mass is 10.0. The monoisotopic (exact) mass is 434 g/mol. The lowest BCUT2D eigenvalue weighted by Gasteiger charge is -2.34. The average Bonchev–Trinajstić information content (AvgIpc) is 3.24. The van der Waals surface area contributed by atoms with Crippen molar-refractivity contribution < 1.29 is 28.1 Å². The van der Waals surface area contributed by atoms with Crippen LogP contribution in [0.25, 0.3) is 0 Å². The lowest BCUT2D eigenvalue weighted by Crippen LogP contribution is -2.53. The maximum absolute atomic E-state index is 12.6. The largest absolute Gasteiger partial charge is 0.394 e. The molecule has 0 aromatic heterocycles. The van der Waals surface area contributed by atoms with E-state index >= 15 is 0 Å². The van der Waals surface area contributed by atoms with Crippen LogP contribution in [-0.2, 0) is 19.5 Å². The Morgan fingerprint density at radius 3 is 2.68 bits per heavy atom.